The molecule has 0 spiro atoms. The third-order valence-electron chi connectivity index (χ3n) is 6.15. The van der Waals surface area contributed by atoms with Crippen molar-refractivity contribution < 1.29 is 22.0 Å². The predicted molar refractivity (Wildman–Crippen MR) is 112 cm³/mol. The number of benzene rings is 2. The van der Waals surface area contributed by atoms with Crippen molar-refractivity contribution in [3.05, 3.63) is 65.3 Å². The Bertz CT molecular complexity index is 952. The number of halogens is 5. The van der Waals surface area contributed by atoms with Crippen molar-refractivity contribution in [2.45, 2.75) is 58.3 Å². The Balaban J connectivity index is 1.93. The molecular formula is C25H27F5. The van der Waals surface area contributed by atoms with Crippen molar-refractivity contribution in [3.8, 4) is 0 Å². The number of hydrogen-bond donors (Lipinski definition) is 0. The lowest BCUT2D eigenvalue weighted by Crippen LogP contribution is -2.15. The van der Waals surface area contributed by atoms with E-state index in [1.54, 1.807) is 0 Å². The molecule has 30 heavy (non-hydrogen) atoms. The monoisotopic (exact) mass is 422 g/mol. The maximum atomic E-state index is 14.9. The van der Waals surface area contributed by atoms with Gasteiger partial charge in [0.05, 0.1) is 10.9 Å². The minimum absolute atomic E-state index is 0.0114. The Labute approximate surface area is 174 Å². The van der Waals surface area contributed by atoms with Gasteiger partial charge in [-0.15, -0.1) is 6.58 Å². The average Bonchev–Trinajstić information content (AvgIpc) is 2.76. The van der Waals surface area contributed by atoms with Gasteiger partial charge in [0.15, 0.2) is 17.5 Å². The summed E-state index contributed by atoms with van der Waals surface area (Å²) < 4.78 is 73.6. The maximum absolute atomic E-state index is 14.9. The van der Waals surface area contributed by atoms with Gasteiger partial charge in [-0.05, 0) is 67.9 Å². The van der Waals surface area contributed by atoms with Crippen LogP contribution in [0.25, 0.3) is 16.6 Å². The average molecular weight is 422 g/mol. The molecule has 1 fully saturated rings. The number of aryl methyl sites for hydroxylation is 1. The Hall–Kier alpha value is -2.17. The molecule has 0 unspecified atom stereocenters. The van der Waals surface area contributed by atoms with Crippen LogP contribution in [0.4, 0.5) is 22.0 Å². The zero-order valence-corrected chi connectivity index (χ0v) is 17.2. The first kappa shape index (κ1) is 22.5. The number of fused-ring (bicyclic) bond motifs is 1. The van der Waals surface area contributed by atoms with E-state index in [1.165, 1.54) is 12.1 Å². The van der Waals surface area contributed by atoms with E-state index < -0.39 is 46.0 Å². The van der Waals surface area contributed by atoms with E-state index in [9.17, 15) is 22.0 Å². The van der Waals surface area contributed by atoms with Crippen LogP contribution in [-0.4, -0.2) is 0 Å². The van der Waals surface area contributed by atoms with Crippen molar-refractivity contribution in [2.75, 3.05) is 0 Å². The van der Waals surface area contributed by atoms with Gasteiger partial charge >= 0.3 is 0 Å². The highest BCUT2D eigenvalue weighted by Gasteiger charge is 2.29. The Morgan fingerprint density at radius 2 is 1.73 bits per heavy atom. The molecule has 1 aliphatic carbocycles. The molecule has 0 saturated heterocycles. The fourth-order valence-electron chi connectivity index (χ4n) is 4.41. The summed E-state index contributed by atoms with van der Waals surface area (Å²) in [5, 5.41) is -0.504. The molecule has 1 saturated carbocycles. The smallest absolute Gasteiger partial charge is 0.170 e. The molecule has 0 bridgehead atoms. The summed E-state index contributed by atoms with van der Waals surface area (Å²) in [6.07, 6.45) is 7.18. The van der Waals surface area contributed by atoms with E-state index >= 15 is 0 Å². The Morgan fingerprint density at radius 1 is 1.03 bits per heavy atom. The lowest BCUT2D eigenvalue weighted by Gasteiger charge is -2.27. The van der Waals surface area contributed by atoms with Gasteiger partial charge in [-0.2, -0.15) is 0 Å². The molecule has 0 radical (unpaired) electrons. The van der Waals surface area contributed by atoms with E-state index in [-0.39, 0.29) is 10.9 Å². The summed E-state index contributed by atoms with van der Waals surface area (Å²) in [6, 6.07) is 3.90. The molecule has 2 aromatic carbocycles. The van der Waals surface area contributed by atoms with Crippen LogP contribution in [0.3, 0.4) is 0 Å². The van der Waals surface area contributed by atoms with Crippen molar-refractivity contribution in [1.29, 1.82) is 0 Å². The zero-order chi connectivity index (χ0) is 21.8. The Morgan fingerprint density at radius 3 is 2.37 bits per heavy atom. The predicted octanol–water partition coefficient (Wildman–Crippen LogP) is 8.59. The summed E-state index contributed by atoms with van der Waals surface area (Å²) >= 11 is 0. The first-order valence-corrected chi connectivity index (χ1v) is 10.6. The number of rotatable bonds is 7. The molecule has 0 heterocycles. The van der Waals surface area contributed by atoms with Gasteiger partial charge in [0.25, 0.3) is 0 Å². The van der Waals surface area contributed by atoms with Crippen LogP contribution in [0.5, 0.6) is 0 Å². The van der Waals surface area contributed by atoms with Crippen LogP contribution in [-0.2, 0) is 6.42 Å². The second kappa shape index (κ2) is 9.76. The second-order valence-corrected chi connectivity index (χ2v) is 8.18. The van der Waals surface area contributed by atoms with Gasteiger partial charge in [-0.3, -0.25) is 0 Å². The molecule has 1 aliphatic rings. The van der Waals surface area contributed by atoms with Gasteiger partial charge in [-0.25, -0.2) is 22.0 Å². The van der Waals surface area contributed by atoms with Crippen LogP contribution in [0.15, 0.2) is 36.7 Å². The van der Waals surface area contributed by atoms with E-state index in [0.29, 0.717) is 31.6 Å². The highest BCUT2D eigenvalue weighted by molar-refractivity contribution is 5.88. The van der Waals surface area contributed by atoms with Crippen LogP contribution >= 0.6 is 0 Å². The molecule has 0 N–H and O–H groups in total. The van der Waals surface area contributed by atoms with Gasteiger partial charge in [0.2, 0.25) is 0 Å². The van der Waals surface area contributed by atoms with Crippen LogP contribution in [0.1, 0.15) is 63.0 Å². The van der Waals surface area contributed by atoms with Crippen molar-refractivity contribution in [2.24, 2.45) is 11.8 Å². The lowest BCUT2D eigenvalue weighted by atomic mass is 9.79. The van der Waals surface area contributed by atoms with Crippen LogP contribution in [0, 0.1) is 29.3 Å². The van der Waals surface area contributed by atoms with Crippen molar-refractivity contribution in [1.82, 2.24) is 0 Å². The minimum Gasteiger partial charge on any atom is -0.208 e. The van der Waals surface area contributed by atoms with E-state index in [2.05, 4.69) is 6.58 Å². The third-order valence-corrected chi connectivity index (χ3v) is 6.15. The molecule has 2 aromatic rings. The van der Waals surface area contributed by atoms with Gasteiger partial charge < -0.3 is 0 Å². The highest BCUT2D eigenvalue weighted by atomic mass is 19.2. The van der Waals surface area contributed by atoms with Crippen LogP contribution in [0.2, 0.25) is 0 Å². The highest BCUT2D eigenvalue weighted by Crippen LogP contribution is 2.40. The summed E-state index contributed by atoms with van der Waals surface area (Å²) in [4.78, 5) is 0. The first-order chi connectivity index (χ1) is 14.4. The molecule has 162 valence electrons. The summed E-state index contributed by atoms with van der Waals surface area (Å²) in [7, 11) is 0. The molecule has 0 amide bonds. The molecule has 0 aliphatic heterocycles. The van der Waals surface area contributed by atoms with Crippen molar-refractivity contribution in [3.63, 3.8) is 0 Å². The molecular weight excluding hydrogens is 395 g/mol. The topological polar surface area (TPSA) is 0 Å². The molecule has 0 aromatic heterocycles. The lowest BCUT2D eigenvalue weighted by molar-refractivity contribution is 0.263. The Kier molecular flexibility index (Phi) is 7.32. The van der Waals surface area contributed by atoms with Crippen LogP contribution < -0.4 is 0 Å². The molecule has 5 heteroatoms. The molecule has 0 atom stereocenters. The van der Waals surface area contributed by atoms with Crippen molar-refractivity contribution >= 4 is 16.6 Å². The quantitative estimate of drug-likeness (QED) is 0.310. The fourth-order valence-corrected chi connectivity index (χ4v) is 4.41. The largest absolute Gasteiger partial charge is 0.208 e. The molecule has 0 nitrogen and oxygen atoms in total. The number of hydrogen-bond acceptors (Lipinski definition) is 0. The summed E-state index contributed by atoms with van der Waals surface area (Å²) in [5.74, 6) is -6.51. The molecule has 3 rings (SSSR count). The first-order valence-electron chi connectivity index (χ1n) is 10.6. The zero-order valence-electron chi connectivity index (χ0n) is 17.2. The van der Waals surface area contributed by atoms with E-state index in [0.717, 1.165) is 31.7 Å². The maximum Gasteiger partial charge on any atom is 0.170 e. The summed E-state index contributed by atoms with van der Waals surface area (Å²) in [6.45, 7) is 5.54. The number of allylic oxidation sites excluding steroid dienone is 2. The van der Waals surface area contributed by atoms with Gasteiger partial charge in [0.1, 0.15) is 11.6 Å². The van der Waals surface area contributed by atoms with E-state index in [1.807, 2.05) is 13.0 Å². The normalized spacial score (nSPS) is 20.3. The van der Waals surface area contributed by atoms with E-state index in [4.69, 9.17) is 0 Å². The standard InChI is InChI=1S/C25H27F5/c1-3-5-7-15-8-10-17(11-9-15)22(27)23(28)19-14-18-13-12-16(6-4-2)21(26)20(18)25(30)24(19)29/h3,12-15,17H,1,4-11H2,2H3. The fraction of sp³-hybridized carbons (Fsp3) is 0.440. The third kappa shape index (κ3) is 4.45. The summed E-state index contributed by atoms with van der Waals surface area (Å²) in [5.41, 5.74) is -0.514. The van der Waals surface area contributed by atoms with Gasteiger partial charge in [-0.1, -0.05) is 31.6 Å². The SMILES string of the molecule is C=CCCC1CCC(C(F)=C(F)c2cc3ccc(CCC)c(F)c3c(F)c2F)CC1. The van der Waals surface area contributed by atoms with Gasteiger partial charge in [0, 0.05) is 5.92 Å². The second-order valence-electron chi connectivity index (χ2n) is 8.18. The minimum atomic E-state index is -1.55.